The van der Waals surface area contributed by atoms with Gasteiger partial charge in [-0.05, 0) is 26.3 Å². The fourth-order valence-corrected chi connectivity index (χ4v) is 1.83. The second-order valence-corrected chi connectivity index (χ2v) is 4.72. The summed E-state index contributed by atoms with van der Waals surface area (Å²) in [5.74, 6) is 0.801. The molecule has 0 atom stereocenters. The van der Waals surface area contributed by atoms with Crippen molar-refractivity contribution in [1.82, 2.24) is 16.2 Å². The van der Waals surface area contributed by atoms with E-state index in [0.717, 1.165) is 19.3 Å². The number of aryl methyl sites for hydroxylation is 2. The summed E-state index contributed by atoms with van der Waals surface area (Å²) in [6.45, 7) is 6.21. The Labute approximate surface area is 119 Å². The SMILES string of the molecule is CCCCCCNC(=O)NNC(=O)c1cc(C)oc1C. The first-order valence-electron chi connectivity index (χ1n) is 6.95. The summed E-state index contributed by atoms with van der Waals surface area (Å²) in [5.41, 5.74) is 5.08. The first-order valence-corrected chi connectivity index (χ1v) is 6.95. The van der Waals surface area contributed by atoms with Crippen molar-refractivity contribution in [3.05, 3.63) is 23.2 Å². The summed E-state index contributed by atoms with van der Waals surface area (Å²) in [5, 5.41) is 2.68. The van der Waals surface area contributed by atoms with E-state index < -0.39 is 6.03 Å². The molecule has 0 aliphatic carbocycles. The van der Waals surface area contributed by atoms with Crippen molar-refractivity contribution in [3.8, 4) is 0 Å². The molecule has 112 valence electrons. The zero-order chi connectivity index (χ0) is 15.0. The van der Waals surface area contributed by atoms with Crippen LogP contribution in [-0.4, -0.2) is 18.5 Å². The van der Waals surface area contributed by atoms with Gasteiger partial charge in [-0.3, -0.25) is 10.2 Å². The van der Waals surface area contributed by atoms with Crippen molar-refractivity contribution in [2.45, 2.75) is 46.5 Å². The molecule has 6 nitrogen and oxygen atoms in total. The molecule has 0 saturated carbocycles. The summed E-state index contributed by atoms with van der Waals surface area (Å²) < 4.78 is 5.26. The lowest BCUT2D eigenvalue weighted by atomic mass is 10.2. The second kappa shape index (κ2) is 8.24. The lowest BCUT2D eigenvalue weighted by Gasteiger charge is -2.08. The molecule has 3 N–H and O–H groups in total. The summed E-state index contributed by atoms with van der Waals surface area (Å²) >= 11 is 0. The summed E-state index contributed by atoms with van der Waals surface area (Å²) in [4.78, 5) is 23.2. The minimum atomic E-state index is -0.410. The number of nitrogens with one attached hydrogen (secondary N) is 3. The Morgan fingerprint density at radius 3 is 2.50 bits per heavy atom. The van der Waals surface area contributed by atoms with E-state index in [-0.39, 0.29) is 5.91 Å². The molecule has 0 saturated heterocycles. The molecule has 3 amide bonds. The molecule has 0 unspecified atom stereocenters. The van der Waals surface area contributed by atoms with Crippen molar-refractivity contribution in [2.24, 2.45) is 0 Å². The standard InChI is InChI=1S/C14H23N3O3/c1-4-5-6-7-8-15-14(19)17-16-13(18)12-9-10(2)20-11(12)3/h9H,4-8H2,1-3H3,(H,16,18)(H2,15,17,19). The van der Waals surface area contributed by atoms with Crippen LogP contribution in [0.1, 0.15) is 54.5 Å². The van der Waals surface area contributed by atoms with Crippen molar-refractivity contribution >= 4 is 11.9 Å². The van der Waals surface area contributed by atoms with Crippen LogP contribution in [0.5, 0.6) is 0 Å². The normalized spacial score (nSPS) is 10.2. The fourth-order valence-electron chi connectivity index (χ4n) is 1.83. The van der Waals surface area contributed by atoms with Gasteiger partial charge in [-0.25, -0.2) is 10.2 Å². The summed E-state index contributed by atoms with van der Waals surface area (Å²) in [6.07, 6.45) is 4.36. The number of rotatable bonds is 6. The predicted molar refractivity (Wildman–Crippen MR) is 76.3 cm³/mol. The van der Waals surface area contributed by atoms with E-state index in [9.17, 15) is 9.59 Å². The first-order chi connectivity index (χ1) is 9.54. The Balaban J connectivity index is 2.24. The minimum absolute atomic E-state index is 0.388. The van der Waals surface area contributed by atoms with Crippen molar-refractivity contribution < 1.29 is 14.0 Å². The van der Waals surface area contributed by atoms with E-state index in [4.69, 9.17) is 4.42 Å². The largest absolute Gasteiger partial charge is 0.466 e. The van der Waals surface area contributed by atoms with Gasteiger partial charge in [-0.2, -0.15) is 0 Å². The first kappa shape index (κ1) is 16.1. The topological polar surface area (TPSA) is 83.4 Å². The lowest BCUT2D eigenvalue weighted by molar-refractivity contribution is 0.0934. The van der Waals surface area contributed by atoms with Crippen LogP contribution < -0.4 is 16.2 Å². The molecule has 0 aliphatic rings. The van der Waals surface area contributed by atoms with Gasteiger partial charge in [-0.15, -0.1) is 0 Å². The Kier molecular flexibility index (Phi) is 6.63. The third-order valence-corrected chi connectivity index (χ3v) is 2.89. The molecular formula is C14H23N3O3. The quantitative estimate of drug-likeness (QED) is 0.553. The number of unbranched alkanes of at least 4 members (excludes halogenated alkanes) is 3. The number of furan rings is 1. The second-order valence-electron chi connectivity index (χ2n) is 4.72. The zero-order valence-corrected chi connectivity index (χ0v) is 12.3. The summed E-state index contributed by atoms with van der Waals surface area (Å²) in [7, 11) is 0. The smallest absolute Gasteiger partial charge is 0.333 e. The number of amides is 3. The van der Waals surface area contributed by atoms with Gasteiger partial charge >= 0.3 is 6.03 Å². The molecule has 1 rings (SSSR count). The number of hydrogen-bond acceptors (Lipinski definition) is 3. The van der Waals surface area contributed by atoms with Gasteiger partial charge in [0.15, 0.2) is 0 Å². The van der Waals surface area contributed by atoms with Crippen LogP contribution in [0.25, 0.3) is 0 Å². The highest BCUT2D eigenvalue weighted by Gasteiger charge is 2.13. The fraction of sp³-hybridized carbons (Fsp3) is 0.571. The highest BCUT2D eigenvalue weighted by molar-refractivity contribution is 5.96. The van der Waals surface area contributed by atoms with Crippen molar-refractivity contribution in [1.29, 1.82) is 0 Å². The molecule has 20 heavy (non-hydrogen) atoms. The van der Waals surface area contributed by atoms with E-state index in [1.54, 1.807) is 19.9 Å². The zero-order valence-electron chi connectivity index (χ0n) is 12.3. The van der Waals surface area contributed by atoms with E-state index >= 15 is 0 Å². The molecule has 1 aromatic rings. The molecule has 6 heteroatoms. The van der Waals surface area contributed by atoms with Crippen molar-refractivity contribution in [3.63, 3.8) is 0 Å². The van der Waals surface area contributed by atoms with Gasteiger partial charge in [0.1, 0.15) is 11.5 Å². The van der Waals surface area contributed by atoms with Crippen LogP contribution in [0.2, 0.25) is 0 Å². The highest BCUT2D eigenvalue weighted by atomic mass is 16.3. The Hall–Kier alpha value is -1.98. The average molecular weight is 281 g/mol. The molecule has 0 aliphatic heterocycles. The molecule has 0 fully saturated rings. The lowest BCUT2D eigenvalue weighted by Crippen LogP contribution is -2.47. The van der Waals surface area contributed by atoms with Crippen LogP contribution >= 0.6 is 0 Å². The Morgan fingerprint density at radius 2 is 1.90 bits per heavy atom. The third kappa shape index (κ3) is 5.34. The van der Waals surface area contributed by atoms with E-state index in [0.29, 0.717) is 23.6 Å². The molecule has 0 spiro atoms. The number of carbonyl (C=O) groups excluding carboxylic acids is 2. The van der Waals surface area contributed by atoms with E-state index in [2.05, 4.69) is 23.1 Å². The molecule has 1 aromatic heterocycles. The molecule has 1 heterocycles. The van der Waals surface area contributed by atoms with Crippen molar-refractivity contribution in [2.75, 3.05) is 6.54 Å². The van der Waals surface area contributed by atoms with Crippen LogP contribution in [-0.2, 0) is 0 Å². The van der Waals surface area contributed by atoms with E-state index in [1.165, 1.54) is 6.42 Å². The highest BCUT2D eigenvalue weighted by Crippen LogP contribution is 2.12. The molecular weight excluding hydrogens is 258 g/mol. The van der Waals surface area contributed by atoms with Gasteiger partial charge in [0.2, 0.25) is 0 Å². The minimum Gasteiger partial charge on any atom is -0.466 e. The maximum Gasteiger partial charge on any atom is 0.333 e. The Morgan fingerprint density at radius 1 is 1.15 bits per heavy atom. The number of urea groups is 1. The molecule has 0 radical (unpaired) electrons. The maximum absolute atomic E-state index is 11.8. The van der Waals surface area contributed by atoms with Gasteiger partial charge < -0.3 is 9.73 Å². The monoisotopic (exact) mass is 281 g/mol. The molecule has 0 aromatic carbocycles. The number of hydrazine groups is 1. The van der Waals surface area contributed by atoms with Crippen LogP contribution in [0, 0.1) is 13.8 Å². The van der Waals surface area contributed by atoms with Gasteiger partial charge in [0.05, 0.1) is 5.56 Å². The number of carbonyl (C=O) groups is 2. The maximum atomic E-state index is 11.8. The van der Waals surface area contributed by atoms with Gasteiger partial charge in [0.25, 0.3) is 5.91 Å². The van der Waals surface area contributed by atoms with E-state index in [1.807, 2.05) is 0 Å². The number of hydrogen-bond donors (Lipinski definition) is 3. The van der Waals surface area contributed by atoms with Gasteiger partial charge in [-0.1, -0.05) is 26.2 Å². The molecule has 0 bridgehead atoms. The summed E-state index contributed by atoms with van der Waals surface area (Å²) in [6, 6.07) is 1.22. The Bertz CT molecular complexity index is 455. The van der Waals surface area contributed by atoms with Crippen LogP contribution in [0.4, 0.5) is 4.79 Å². The van der Waals surface area contributed by atoms with Crippen LogP contribution in [0.15, 0.2) is 10.5 Å². The van der Waals surface area contributed by atoms with Crippen LogP contribution in [0.3, 0.4) is 0 Å². The predicted octanol–water partition coefficient (Wildman–Crippen LogP) is 2.42. The van der Waals surface area contributed by atoms with Gasteiger partial charge in [0, 0.05) is 6.54 Å². The third-order valence-electron chi connectivity index (χ3n) is 2.89. The average Bonchev–Trinajstić information content (AvgIpc) is 2.75.